The highest BCUT2D eigenvalue weighted by Crippen LogP contribution is 2.31. The fraction of sp³-hybridized carbons (Fsp3) is 0.167. The Hall–Kier alpha value is -2.33. The van der Waals surface area contributed by atoms with Crippen LogP contribution in [0, 0.1) is 0 Å². The van der Waals surface area contributed by atoms with Gasteiger partial charge in [-0.05, 0) is 52.0 Å². The van der Waals surface area contributed by atoms with E-state index in [0.29, 0.717) is 11.5 Å². The van der Waals surface area contributed by atoms with Gasteiger partial charge in [-0.2, -0.15) is 13.2 Å². The van der Waals surface area contributed by atoms with Crippen molar-refractivity contribution in [2.45, 2.75) is 18.1 Å². The topological polar surface area (TPSA) is 52.2 Å². The number of thioether (sulfide) groups is 1. The first-order chi connectivity index (χ1) is 13.3. The molecule has 0 saturated heterocycles. The molecule has 0 unspecified atom stereocenters. The van der Waals surface area contributed by atoms with Crippen molar-refractivity contribution in [1.29, 1.82) is 0 Å². The van der Waals surface area contributed by atoms with Gasteiger partial charge in [-0.15, -0.1) is 11.8 Å². The summed E-state index contributed by atoms with van der Waals surface area (Å²) in [5.74, 6) is 1.14. The number of alkyl halides is 3. The number of nitrogens with zero attached hydrogens (tertiary/aromatic N) is 4. The van der Waals surface area contributed by atoms with Gasteiger partial charge in [0.05, 0.1) is 16.5 Å². The van der Waals surface area contributed by atoms with Crippen molar-refractivity contribution < 1.29 is 13.2 Å². The summed E-state index contributed by atoms with van der Waals surface area (Å²) in [6, 6.07) is 6.57. The van der Waals surface area contributed by atoms with E-state index in [-0.39, 0.29) is 10.9 Å². The predicted molar refractivity (Wildman–Crippen MR) is 105 cm³/mol. The maximum Gasteiger partial charge on any atom is 0.416 e. The number of fused-ring (bicyclic) bond motifs is 2. The second-order valence-electron chi connectivity index (χ2n) is 5.90. The van der Waals surface area contributed by atoms with Crippen LogP contribution in [0.1, 0.15) is 12.5 Å². The summed E-state index contributed by atoms with van der Waals surface area (Å²) >= 11 is 4.93. The molecule has 144 valence electrons. The molecular weight excluding hydrogens is 457 g/mol. The molecule has 0 aliphatic rings. The average Bonchev–Trinajstić information content (AvgIpc) is 2.99. The minimum absolute atomic E-state index is 0.00715. The lowest BCUT2D eigenvalue weighted by Gasteiger charge is -2.09. The van der Waals surface area contributed by atoms with Crippen LogP contribution in [0.2, 0.25) is 0 Å². The lowest BCUT2D eigenvalue weighted by molar-refractivity contribution is -0.137. The van der Waals surface area contributed by atoms with E-state index in [1.165, 1.54) is 22.7 Å². The highest BCUT2D eigenvalue weighted by molar-refractivity contribution is 9.10. The van der Waals surface area contributed by atoms with Crippen molar-refractivity contribution in [3.05, 3.63) is 63.2 Å². The smallest absolute Gasteiger partial charge is 0.292 e. The molecule has 28 heavy (non-hydrogen) atoms. The molecule has 4 aromatic rings. The Morgan fingerprint density at radius 2 is 2.00 bits per heavy atom. The van der Waals surface area contributed by atoms with Crippen LogP contribution >= 0.6 is 27.7 Å². The van der Waals surface area contributed by atoms with Gasteiger partial charge in [0, 0.05) is 10.7 Å². The summed E-state index contributed by atoms with van der Waals surface area (Å²) in [7, 11) is 0. The number of halogens is 4. The average molecular weight is 469 g/mol. The largest absolute Gasteiger partial charge is 0.416 e. The van der Waals surface area contributed by atoms with Crippen LogP contribution in [0.25, 0.3) is 22.4 Å². The van der Waals surface area contributed by atoms with E-state index in [2.05, 4.69) is 25.9 Å². The monoisotopic (exact) mass is 468 g/mol. The molecule has 0 radical (unpaired) electrons. The van der Waals surface area contributed by atoms with Crippen molar-refractivity contribution in [2.75, 3.05) is 5.75 Å². The summed E-state index contributed by atoms with van der Waals surface area (Å²) in [6.45, 7) is 1.98. The van der Waals surface area contributed by atoms with E-state index in [0.717, 1.165) is 33.5 Å². The number of pyridine rings is 1. The first kappa shape index (κ1) is 19.0. The van der Waals surface area contributed by atoms with Gasteiger partial charge in [-0.1, -0.05) is 6.92 Å². The van der Waals surface area contributed by atoms with Crippen LogP contribution in [-0.2, 0) is 6.18 Å². The Morgan fingerprint density at radius 1 is 1.21 bits per heavy atom. The first-order valence-electron chi connectivity index (χ1n) is 8.19. The summed E-state index contributed by atoms with van der Waals surface area (Å²) < 4.78 is 42.7. The molecule has 5 nitrogen and oxygen atoms in total. The van der Waals surface area contributed by atoms with Crippen LogP contribution in [0.4, 0.5) is 13.2 Å². The van der Waals surface area contributed by atoms with E-state index >= 15 is 0 Å². The van der Waals surface area contributed by atoms with E-state index in [9.17, 15) is 18.0 Å². The highest BCUT2D eigenvalue weighted by atomic mass is 79.9. The summed E-state index contributed by atoms with van der Waals surface area (Å²) in [5, 5.41) is 0.843. The molecule has 3 heterocycles. The maximum absolute atomic E-state index is 13.0. The Bertz CT molecular complexity index is 1270. The quantitative estimate of drug-likeness (QED) is 0.400. The zero-order chi connectivity index (χ0) is 20.1. The molecule has 4 rings (SSSR count). The van der Waals surface area contributed by atoms with Gasteiger partial charge in [0.25, 0.3) is 5.56 Å². The van der Waals surface area contributed by atoms with Crippen LogP contribution in [-0.4, -0.2) is 24.7 Å². The van der Waals surface area contributed by atoms with Crippen molar-refractivity contribution in [3.63, 3.8) is 0 Å². The Morgan fingerprint density at radius 3 is 2.71 bits per heavy atom. The Labute approximate surface area is 169 Å². The third-order valence-corrected chi connectivity index (χ3v) is 5.53. The first-order valence-corrected chi connectivity index (χ1v) is 9.97. The minimum Gasteiger partial charge on any atom is -0.292 e. The van der Waals surface area contributed by atoms with Gasteiger partial charge in [-0.25, -0.2) is 14.5 Å². The van der Waals surface area contributed by atoms with Crippen LogP contribution in [0.5, 0.6) is 0 Å². The van der Waals surface area contributed by atoms with Crippen LogP contribution in [0.15, 0.2) is 57.1 Å². The second-order valence-corrected chi connectivity index (χ2v) is 8.07. The Kier molecular flexibility index (Phi) is 4.70. The van der Waals surface area contributed by atoms with Gasteiger partial charge in [0.15, 0.2) is 5.82 Å². The molecular formula is C18H12BrF3N4OS. The van der Waals surface area contributed by atoms with Gasteiger partial charge < -0.3 is 0 Å². The van der Waals surface area contributed by atoms with Gasteiger partial charge in [-0.3, -0.25) is 9.20 Å². The van der Waals surface area contributed by atoms with Crippen molar-refractivity contribution in [2.24, 2.45) is 0 Å². The van der Waals surface area contributed by atoms with Crippen LogP contribution in [0.3, 0.4) is 0 Å². The van der Waals surface area contributed by atoms with Crippen molar-refractivity contribution in [3.8, 4) is 5.82 Å². The minimum atomic E-state index is -4.50. The van der Waals surface area contributed by atoms with Crippen LogP contribution < -0.4 is 5.56 Å². The molecule has 0 saturated carbocycles. The van der Waals surface area contributed by atoms with E-state index < -0.39 is 17.3 Å². The van der Waals surface area contributed by atoms with Crippen molar-refractivity contribution >= 4 is 44.2 Å². The fourth-order valence-corrected chi connectivity index (χ4v) is 4.03. The summed E-state index contributed by atoms with van der Waals surface area (Å²) in [4.78, 5) is 21.6. The number of hydrogen-bond acceptors (Lipinski definition) is 4. The normalized spacial score (nSPS) is 12.2. The molecule has 0 N–H and O–H groups in total. The number of aromatic nitrogens is 4. The third kappa shape index (κ3) is 3.20. The molecule has 0 aliphatic carbocycles. The number of rotatable bonds is 3. The van der Waals surface area contributed by atoms with E-state index in [1.54, 1.807) is 0 Å². The lowest BCUT2D eigenvalue weighted by atomic mass is 10.1. The lowest BCUT2D eigenvalue weighted by Crippen LogP contribution is -2.20. The van der Waals surface area contributed by atoms with Crippen molar-refractivity contribution in [1.82, 2.24) is 18.9 Å². The molecule has 0 amide bonds. The van der Waals surface area contributed by atoms with E-state index in [1.807, 2.05) is 29.7 Å². The molecule has 3 aromatic heterocycles. The summed E-state index contributed by atoms with van der Waals surface area (Å²) in [6.07, 6.45) is -1.43. The molecule has 1 aromatic carbocycles. The number of imidazole rings is 1. The SMILES string of the molecule is CCSc1c(-n2cnc3cc(C(F)(F)F)ccc3c2=O)nc2ccc(Br)cn12. The maximum atomic E-state index is 13.0. The van der Waals surface area contributed by atoms with Gasteiger partial charge in [0.2, 0.25) is 0 Å². The number of hydrogen-bond donors (Lipinski definition) is 0. The second kappa shape index (κ2) is 6.93. The molecule has 10 heteroatoms. The molecule has 0 aliphatic heterocycles. The van der Waals surface area contributed by atoms with Gasteiger partial charge in [0.1, 0.15) is 17.0 Å². The zero-order valence-corrected chi connectivity index (χ0v) is 16.8. The number of benzene rings is 1. The third-order valence-electron chi connectivity index (χ3n) is 4.12. The van der Waals surface area contributed by atoms with Gasteiger partial charge >= 0.3 is 6.18 Å². The Balaban J connectivity index is 1.95. The molecule has 0 spiro atoms. The summed E-state index contributed by atoms with van der Waals surface area (Å²) in [5.41, 5.74) is -0.676. The molecule has 0 bridgehead atoms. The molecule has 0 atom stereocenters. The standard InChI is InChI=1S/C18H12BrF3N4OS/c1-2-28-17-15(24-14-6-4-11(19)8-25(14)17)26-9-23-13-7-10(18(20,21)22)3-5-12(13)16(26)27/h3-9H,2H2,1H3. The molecule has 0 fully saturated rings. The highest BCUT2D eigenvalue weighted by Gasteiger charge is 2.31. The zero-order valence-electron chi connectivity index (χ0n) is 14.4. The fourth-order valence-electron chi connectivity index (χ4n) is 2.86. The predicted octanol–water partition coefficient (Wildman–Crippen LogP) is 4.93. The van der Waals surface area contributed by atoms with E-state index in [4.69, 9.17) is 0 Å².